The van der Waals surface area contributed by atoms with E-state index in [1.807, 2.05) is 55.5 Å². The third-order valence-corrected chi connectivity index (χ3v) is 3.67. The van der Waals surface area contributed by atoms with Gasteiger partial charge in [-0.2, -0.15) is 0 Å². The standard InChI is InChI=1S/C19H17NO/c1-14(20-19(21)16-9-3-2-4-10-16)17-13-7-11-15-8-5-6-12-18(15)17/h2-14H,1H3,(H,20,21)/t14-/m0/s1. The van der Waals surface area contributed by atoms with Crippen LogP contribution in [-0.2, 0) is 0 Å². The van der Waals surface area contributed by atoms with Gasteiger partial charge in [-0.3, -0.25) is 4.79 Å². The highest BCUT2D eigenvalue weighted by atomic mass is 16.1. The van der Waals surface area contributed by atoms with Crippen LogP contribution in [0.4, 0.5) is 0 Å². The van der Waals surface area contributed by atoms with Gasteiger partial charge >= 0.3 is 0 Å². The van der Waals surface area contributed by atoms with E-state index in [1.165, 1.54) is 10.8 Å². The largest absolute Gasteiger partial charge is 0.345 e. The Labute approximate surface area is 124 Å². The summed E-state index contributed by atoms with van der Waals surface area (Å²) in [7, 11) is 0. The summed E-state index contributed by atoms with van der Waals surface area (Å²) in [6.07, 6.45) is 0. The van der Waals surface area contributed by atoms with Crippen LogP contribution in [0.25, 0.3) is 10.8 Å². The number of carbonyl (C=O) groups is 1. The second-order valence-corrected chi connectivity index (χ2v) is 5.13. The first kappa shape index (κ1) is 13.4. The molecule has 2 nitrogen and oxygen atoms in total. The quantitative estimate of drug-likeness (QED) is 0.757. The van der Waals surface area contributed by atoms with Crippen molar-refractivity contribution in [2.75, 3.05) is 0 Å². The molecule has 1 N–H and O–H groups in total. The Morgan fingerprint density at radius 3 is 2.33 bits per heavy atom. The van der Waals surface area contributed by atoms with Crippen LogP contribution >= 0.6 is 0 Å². The van der Waals surface area contributed by atoms with Crippen molar-refractivity contribution < 1.29 is 4.79 Å². The summed E-state index contributed by atoms with van der Waals surface area (Å²) < 4.78 is 0. The lowest BCUT2D eigenvalue weighted by molar-refractivity contribution is 0.0940. The SMILES string of the molecule is C[C@H](NC(=O)c1ccccc1)c1cccc2ccccc12. The molecule has 2 heteroatoms. The number of fused-ring (bicyclic) bond motifs is 1. The van der Waals surface area contributed by atoms with E-state index in [2.05, 4.69) is 29.6 Å². The Morgan fingerprint density at radius 1 is 0.857 bits per heavy atom. The van der Waals surface area contributed by atoms with Crippen LogP contribution in [0, 0.1) is 0 Å². The van der Waals surface area contributed by atoms with Crippen molar-refractivity contribution in [2.24, 2.45) is 0 Å². The Bertz CT molecular complexity index is 759. The number of nitrogens with one attached hydrogen (secondary N) is 1. The van der Waals surface area contributed by atoms with Crippen molar-refractivity contribution >= 4 is 16.7 Å². The van der Waals surface area contributed by atoms with Crippen molar-refractivity contribution in [3.05, 3.63) is 83.9 Å². The van der Waals surface area contributed by atoms with E-state index >= 15 is 0 Å². The zero-order chi connectivity index (χ0) is 14.7. The van der Waals surface area contributed by atoms with Crippen molar-refractivity contribution in [3.63, 3.8) is 0 Å². The van der Waals surface area contributed by atoms with Crippen LogP contribution in [0.3, 0.4) is 0 Å². The number of hydrogen-bond acceptors (Lipinski definition) is 1. The number of benzene rings is 3. The fourth-order valence-corrected chi connectivity index (χ4v) is 2.58. The Morgan fingerprint density at radius 2 is 1.52 bits per heavy atom. The molecule has 0 bridgehead atoms. The molecule has 0 fully saturated rings. The van der Waals surface area contributed by atoms with E-state index in [-0.39, 0.29) is 11.9 Å². The molecule has 3 rings (SSSR count). The predicted molar refractivity (Wildman–Crippen MR) is 86.3 cm³/mol. The Kier molecular flexibility index (Phi) is 3.69. The maximum atomic E-state index is 12.3. The third kappa shape index (κ3) is 2.79. The molecule has 104 valence electrons. The molecule has 0 unspecified atom stereocenters. The van der Waals surface area contributed by atoms with Crippen molar-refractivity contribution in [3.8, 4) is 0 Å². The molecule has 1 amide bonds. The topological polar surface area (TPSA) is 29.1 Å². The van der Waals surface area contributed by atoms with Crippen LogP contribution in [0.5, 0.6) is 0 Å². The normalized spacial score (nSPS) is 12.0. The van der Waals surface area contributed by atoms with Crippen LogP contribution in [0.1, 0.15) is 28.9 Å². The molecule has 0 saturated carbocycles. The van der Waals surface area contributed by atoms with E-state index in [4.69, 9.17) is 0 Å². The van der Waals surface area contributed by atoms with Gasteiger partial charge in [-0.25, -0.2) is 0 Å². The summed E-state index contributed by atoms with van der Waals surface area (Å²) in [4.78, 5) is 12.3. The van der Waals surface area contributed by atoms with Crippen molar-refractivity contribution in [2.45, 2.75) is 13.0 Å². The molecule has 0 saturated heterocycles. The van der Waals surface area contributed by atoms with E-state index in [1.54, 1.807) is 0 Å². The van der Waals surface area contributed by atoms with Gasteiger partial charge in [-0.15, -0.1) is 0 Å². The maximum absolute atomic E-state index is 12.3. The third-order valence-electron chi connectivity index (χ3n) is 3.67. The highest BCUT2D eigenvalue weighted by Crippen LogP contribution is 2.24. The summed E-state index contributed by atoms with van der Waals surface area (Å²) >= 11 is 0. The molecule has 0 aliphatic carbocycles. The second-order valence-electron chi connectivity index (χ2n) is 5.13. The van der Waals surface area contributed by atoms with E-state index < -0.39 is 0 Å². The van der Waals surface area contributed by atoms with E-state index in [0.29, 0.717) is 5.56 Å². The van der Waals surface area contributed by atoms with Gasteiger partial charge in [0.15, 0.2) is 0 Å². The van der Waals surface area contributed by atoms with Crippen molar-refractivity contribution in [1.29, 1.82) is 0 Å². The summed E-state index contributed by atoms with van der Waals surface area (Å²) in [5.41, 5.74) is 1.82. The lowest BCUT2D eigenvalue weighted by Crippen LogP contribution is -2.26. The van der Waals surface area contributed by atoms with Gasteiger partial charge in [0.05, 0.1) is 6.04 Å². The minimum atomic E-state index is -0.0453. The number of carbonyl (C=O) groups excluding carboxylic acids is 1. The number of hydrogen-bond donors (Lipinski definition) is 1. The first-order valence-corrected chi connectivity index (χ1v) is 7.09. The van der Waals surface area contributed by atoms with Gasteiger partial charge in [-0.05, 0) is 35.4 Å². The zero-order valence-corrected chi connectivity index (χ0v) is 11.9. The van der Waals surface area contributed by atoms with Crippen LogP contribution < -0.4 is 5.32 Å². The van der Waals surface area contributed by atoms with Crippen LogP contribution in [-0.4, -0.2) is 5.91 Å². The number of rotatable bonds is 3. The Hall–Kier alpha value is -2.61. The van der Waals surface area contributed by atoms with Gasteiger partial charge in [0.25, 0.3) is 5.91 Å². The fourth-order valence-electron chi connectivity index (χ4n) is 2.58. The first-order chi connectivity index (χ1) is 10.3. The average molecular weight is 275 g/mol. The summed E-state index contributed by atoms with van der Waals surface area (Å²) in [6.45, 7) is 2.02. The minimum Gasteiger partial charge on any atom is -0.345 e. The fraction of sp³-hybridized carbons (Fsp3) is 0.105. The molecular weight excluding hydrogens is 258 g/mol. The van der Waals surface area contributed by atoms with Crippen LogP contribution in [0.15, 0.2) is 72.8 Å². The number of amides is 1. The van der Waals surface area contributed by atoms with Gasteiger partial charge in [0.2, 0.25) is 0 Å². The first-order valence-electron chi connectivity index (χ1n) is 7.09. The Balaban J connectivity index is 1.88. The highest BCUT2D eigenvalue weighted by molar-refractivity contribution is 5.95. The molecule has 0 spiro atoms. The molecule has 0 aliphatic rings. The molecule has 0 aromatic heterocycles. The molecule has 0 radical (unpaired) electrons. The van der Waals surface area contributed by atoms with Gasteiger partial charge in [-0.1, -0.05) is 60.7 Å². The highest BCUT2D eigenvalue weighted by Gasteiger charge is 2.13. The molecule has 3 aromatic rings. The zero-order valence-electron chi connectivity index (χ0n) is 11.9. The molecule has 1 atom stereocenters. The van der Waals surface area contributed by atoms with E-state index in [9.17, 15) is 4.79 Å². The molecule has 0 heterocycles. The smallest absolute Gasteiger partial charge is 0.251 e. The van der Waals surface area contributed by atoms with Crippen molar-refractivity contribution in [1.82, 2.24) is 5.32 Å². The molecular formula is C19H17NO. The summed E-state index contributed by atoms with van der Waals surface area (Å²) in [6, 6.07) is 23.7. The monoisotopic (exact) mass is 275 g/mol. The predicted octanol–water partition coefficient (Wildman–Crippen LogP) is 4.33. The summed E-state index contributed by atoms with van der Waals surface area (Å²) in [5.74, 6) is -0.0453. The average Bonchev–Trinajstić information content (AvgIpc) is 2.55. The van der Waals surface area contributed by atoms with E-state index in [0.717, 1.165) is 5.56 Å². The van der Waals surface area contributed by atoms with Gasteiger partial charge in [0, 0.05) is 5.56 Å². The van der Waals surface area contributed by atoms with Gasteiger partial charge < -0.3 is 5.32 Å². The minimum absolute atomic E-state index is 0.0381. The van der Waals surface area contributed by atoms with Crippen LogP contribution in [0.2, 0.25) is 0 Å². The molecule has 3 aromatic carbocycles. The summed E-state index contributed by atoms with van der Waals surface area (Å²) in [5, 5.41) is 5.44. The lowest BCUT2D eigenvalue weighted by Gasteiger charge is -2.16. The molecule has 21 heavy (non-hydrogen) atoms. The van der Waals surface area contributed by atoms with Gasteiger partial charge in [0.1, 0.15) is 0 Å². The molecule has 0 aliphatic heterocycles. The maximum Gasteiger partial charge on any atom is 0.251 e. The lowest BCUT2D eigenvalue weighted by atomic mass is 9.99. The second kappa shape index (κ2) is 5.80.